The summed E-state index contributed by atoms with van der Waals surface area (Å²) < 4.78 is 95.8. The van der Waals surface area contributed by atoms with E-state index in [0.29, 0.717) is 25.7 Å². The first-order chi connectivity index (χ1) is 29.3. The maximum Gasteiger partial charge on any atom is 0.476 e. The van der Waals surface area contributed by atoms with E-state index >= 15 is 9.13 Å². The van der Waals surface area contributed by atoms with Gasteiger partial charge in [-0.05, 0) is 75.6 Å². The zero-order chi connectivity index (χ0) is 42.8. The van der Waals surface area contributed by atoms with Gasteiger partial charge in [-0.3, -0.25) is 27.1 Å². The Hall–Kier alpha value is -2.48. The summed E-state index contributed by atoms with van der Waals surface area (Å²) in [6, 6.07) is 38.4. The molecule has 1 saturated carbocycles. The molecule has 10 atom stereocenters. The summed E-state index contributed by atoms with van der Waals surface area (Å²) in [6.07, 6.45) is -6.38. The number of halogens is 2. The van der Waals surface area contributed by atoms with Crippen LogP contribution in [0, 0.1) is 0 Å². The Morgan fingerprint density at radius 3 is 0.885 bits per heavy atom. The second-order valence-electron chi connectivity index (χ2n) is 16.4. The van der Waals surface area contributed by atoms with E-state index in [1.165, 1.54) is 0 Å². The van der Waals surface area contributed by atoms with E-state index in [1.54, 1.807) is 27.7 Å². The van der Waals surface area contributed by atoms with Gasteiger partial charge in [-0.25, -0.2) is 9.13 Å². The summed E-state index contributed by atoms with van der Waals surface area (Å²) in [5.41, 5.74) is 3.37. The number of phosphoric ester groups is 2. The van der Waals surface area contributed by atoms with Crippen LogP contribution in [0.2, 0.25) is 0 Å². The fourth-order valence-electron chi connectivity index (χ4n) is 8.73. The molecular formula is C45H52Cl2O12P2. The lowest BCUT2D eigenvalue weighted by atomic mass is 9.85. The predicted octanol–water partition coefficient (Wildman–Crippen LogP) is 12.1. The Kier molecular flexibility index (Phi) is 14.0. The molecule has 0 aromatic heterocycles. The highest BCUT2D eigenvalue weighted by Crippen LogP contribution is 2.65. The molecule has 5 fully saturated rings. The molecule has 4 aromatic rings. The highest BCUT2D eigenvalue weighted by Gasteiger charge is 2.67. The van der Waals surface area contributed by atoms with Crippen molar-refractivity contribution in [1.82, 2.24) is 0 Å². The van der Waals surface area contributed by atoms with Crippen molar-refractivity contribution in [2.24, 2.45) is 0 Å². The van der Waals surface area contributed by atoms with Gasteiger partial charge >= 0.3 is 15.6 Å². The Morgan fingerprint density at radius 1 is 0.459 bits per heavy atom. The van der Waals surface area contributed by atoms with Gasteiger partial charge in [-0.1, -0.05) is 121 Å². The minimum atomic E-state index is -4.43. The second-order valence-corrected chi connectivity index (χ2v) is 20.3. The molecule has 9 rings (SSSR count). The van der Waals surface area contributed by atoms with E-state index < -0.39 is 88.3 Å². The summed E-state index contributed by atoms with van der Waals surface area (Å²) >= 11 is 9.53. The minimum Gasteiger partial charge on any atom is -0.342 e. The van der Waals surface area contributed by atoms with Crippen LogP contribution in [0.3, 0.4) is 0 Å². The largest absolute Gasteiger partial charge is 0.476 e. The fourth-order valence-corrected chi connectivity index (χ4v) is 12.3. The Morgan fingerprint density at radius 2 is 0.672 bits per heavy atom. The van der Waals surface area contributed by atoms with Crippen LogP contribution in [-0.4, -0.2) is 53.5 Å². The van der Waals surface area contributed by atoms with Gasteiger partial charge in [0.25, 0.3) is 0 Å². The molecule has 0 radical (unpaired) electrons. The molecule has 0 amide bonds. The second kappa shape index (κ2) is 18.9. The monoisotopic (exact) mass is 916 g/mol. The van der Waals surface area contributed by atoms with Crippen molar-refractivity contribution >= 4 is 38.8 Å². The van der Waals surface area contributed by atoms with Gasteiger partial charge in [0, 0.05) is 0 Å². The Labute approximate surface area is 367 Å². The van der Waals surface area contributed by atoms with E-state index in [2.05, 4.69) is 0 Å². The van der Waals surface area contributed by atoms with Crippen molar-refractivity contribution in [3.8, 4) is 0 Å². The fraction of sp³-hybridized carbons (Fsp3) is 0.467. The summed E-state index contributed by atoms with van der Waals surface area (Å²) in [7, 11) is -8.85. The quantitative estimate of drug-likeness (QED) is 0.123. The average Bonchev–Trinajstić information content (AvgIpc) is 3.61. The van der Waals surface area contributed by atoms with Gasteiger partial charge in [0.1, 0.15) is 36.6 Å². The number of alkyl halides is 2. The van der Waals surface area contributed by atoms with Gasteiger partial charge in [0.05, 0.1) is 29.8 Å². The zero-order valence-electron chi connectivity index (χ0n) is 34.4. The SMILES string of the molecule is CC1(C)O[C@@H]2C(OP3(=O)O[C@@H](c4ccccc4)CC[C@H](c4ccccc4)O3)[C@@H]3OC(C)(C)O[C@H]3C(OP3(=O)O[C@@H](c4ccccc4)CC[C@H](c4ccccc4)O3)[C@@H]2O1.ClCCl. The van der Waals surface area contributed by atoms with Crippen LogP contribution in [-0.2, 0) is 55.2 Å². The number of fused-ring (bicyclic) bond motifs is 2. The van der Waals surface area contributed by atoms with Crippen molar-refractivity contribution in [3.05, 3.63) is 144 Å². The molecule has 16 heteroatoms. The standard InChI is InChI=1S/C44H50O12P2.CH2Cl2/c1-43(2)47-37-38(48-43)42(56-58(46)53-35(31-21-13-7-14-22-31)27-28-36(54-58)32-23-15-8-16-24-32)40-39(49-44(3,4)50-40)41(37)55-57(45)51-33(29-17-9-5-10-18-29)25-26-34(52-57)30-19-11-6-12-20-30;2-1-3/h5-24,33-42H,25-28H2,1-4H3;1H2/t33-,34-,35-,36-,37-,38-,39-,40+,41?,42?;/m1./s1. The number of benzene rings is 4. The maximum absolute atomic E-state index is 15.2. The molecule has 61 heavy (non-hydrogen) atoms. The molecule has 4 aromatic carbocycles. The first kappa shape index (κ1) is 45.1. The molecule has 4 aliphatic heterocycles. The van der Waals surface area contributed by atoms with Crippen molar-refractivity contribution in [1.29, 1.82) is 0 Å². The predicted molar refractivity (Wildman–Crippen MR) is 229 cm³/mol. The minimum absolute atomic E-state index is 0.194. The highest BCUT2D eigenvalue weighted by molar-refractivity contribution is 7.48. The Bertz CT molecular complexity index is 1850. The summed E-state index contributed by atoms with van der Waals surface area (Å²) in [5.74, 6) is -2.35. The van der Waals surface area contributed by atoms with Crippen LogP contribution in [0.4, 0.5) is 0 Å². The van der Waals surface area contributed by atoms with Gasteiger partial charge in [0.2, 0.25) is 0 Å². The lowest BCUT2D eigenvalue weighted by molar-refractivity contribution is -0.182. The molecule has 2 unspecified atom stereocenters. The maximum atomic E-state index is 15.2. The molecular weight excluding hydrogens is 865 g/mol. The van der Waals surface area contributed by atoms with Crippen LogP contribution in [0.5, 0.6) is 0 Å². The van der Waals surface area contributed by atoms with Crippen molar-refractivity contribution < 1.29 is 55.2 Å². The number of phosphoric acid groups is 2. The highest BCUT2D eigenvalue weighted by atomic mass is 35.5. The lowest BCUT2D eigenvalue weighted by Gasteiger charge is -2.43. The first-order valence-corrected chi connectivity index (χ1v) is 24.6. The van der Waals surface area contributed by atoms with E-state index in [-0.39, 0.29) is 5.34 Å². The lowest BCUT2D eigenvalue weighted by Crippen LogP contribution is -2.62. The van der Waals surface area contributed by atoms with Gasteiger partial charge in [0.15, 0.2) is 11.6 Å². The average molecular weight is 918 g/mol. The summed E-state index contributed by atoms with van der Waals surface area (Å²) in [4.78, 5) is 0. The summed E-state index contributed by atoms with van der Waals surface area (Å²) in [5, 5.41) is 0.194. The van der Waals surface area contributed by atoms with Crippen LogP contribution in [0.15, 0.2) is 121 Å². The van der Waals surface area contributed by atoms with Gasteiger partial charge < -0.3 is 18.9 Å². The molecule has 5 aliphatic rings. The van der Waals surface area contributed by atoms with Crippen molar-refractivity contribution in [2.45, 2.75) is 126 Å². The molecule has 1 aliphatic carbocycles. The smallest absolute Gasteiger partial charge is 0.342 e. The number of hydrogen-bond donors (Lipinski definition) is 0. The number of rotatable bonds is 8. The Balaban J connectivity index is 0.00000166. The number of ether oxygens (including phenoxy) is 4. The zero-order valence-corrected chi connectivity index (χ0v) is 37.7. The third kappa shape index (κ3) is 10.6. The molecule has 0 N–H and O–H groups in total. The topological polar surface area (TPSA) is 126 Å². The van der Waals surface area contributed by atoms with E-state index in [0.717, 1.165) is 22.3 Å². The summed E-state index contributed by atoms with van der Waals surface area (Å²) in [6.45, 7) is 7.04. The molecule has 12 nitrogen and oxygen atoms in total. The molecule has 0 spiro atoms. The third-order valence-electron chi connectivity index (χ3n) is 11.2. The van der Waals surface area contributed by atoms with Crippen molar-refractivity contribution in [3.63, 3.8) is 0 Å². The third-order valence-corrected chi connectivity index (χ3v) is 14.3. The first-order valence-electron chi connectivity index (χ1n) is 20.6. The van der Waals surface area contributed by atoms with E-state index in [9.17, 15) is 0 Å². The molecule has 328 valence electrons. The van der Waals surface area contributed by atoms with Gasteiger partial charge in [-0.15, -0.1) is 23.2 Å². The number of hydrogen-bond acceptors (Lipinski definition) is 12. The van der Waals surface area contributed by atoms with Crippen LogP contribution in [0.1, 0.15) is 100 Å². The molecule has 4 saturated heterocycles. The van der Waals surface area contributed by atoms with E-state index in [4.69, 9.17) is 69.3 Å². The molecule has 0 bridgehead atoms. The van der Waals surface area contributed by atoms with Crippen molar-refractivity contribution in [2.75, 3.05) is 5.34 Å². The van der Waals surface area contributed by atoms with E-state index in [1.807, 2.05) is 121 Å². The van der Waals surface area contributed by atoms with Crippen LogP contribution in [0.25, 0.3) is 0 Å². The molecule has 4 heterocycles. The van der Waals surface area contributed by atoms with Crippen LogP contribution < -0.4 is 0 Å². The van der Waals surface area contributed by atoms with Crippen LogP contribution >= 0.6 is 38.8 Å². The normalized spacial score (nSPS) is 33.5. The van der Waals surface area contributed by atoms with Gasteiger partial charge in [-0.2, -0.15) is 0 Å².